The SMILES string of the molecule is CCS(=O)CCNC(=O)CCC(C)(C)CCN. The zero-order valence-corrected chi connectivity index (χ0v) is 12.1. The summed E-state index contributed by atoms with van der Waals surface area (Å²) < 4.78 is 11.1. The predicted octanol–water partition coefficient (Wildman–Crippen LogP) is 1.03. The van der Waals surface area contributed by atoms with Gasteiger partial charge in [0.15, 0.2) is 0 Å². The summed E-state index contributed by atoms with van der Waals surface area (Å²) in [6.07, 6.45) is 2.29. The molecule has 1 unspecified atom stereocenters. The van der Waals surface area contributed by atoms with E-state index in [9.17, 15) is 9.00 Å². The molecule has 0 aliphatic carbocycles. The van der Waals surface area contributed by atoms with Crippen LogP contribution in [0.5, 0.6) is 0 Å². The molecular formula is C12H26N2O2S. The summed E-state index contributed by atoms with van der Waals surface area (Å²) in [5.41, 5.74) is 5.64. The molecule has 5 heteroatoms. The fourth-order valence-electron chi connectivity index (χ4n) is 1.50. The van der Waals surface area contributed by atoms with E-state index in [0.29, 0.717) is 31.0 Å². The normalized spacial score (nSPS) is 13.4. The van der Waals surface area contributed by atoms with Gasteiger partial charge in [0, 0.05) is 35.3 Å². The van der Waals surface area contributed by atoms with Gasteiger partial charge in [-0.2, -0.15) is 0 Å². The summed E-state index contributed by atoms with van der Waals surface area (Å²) in [5, 5.41) is 2.80. The largest absolute Gasteiger partial charge is 0.355 e. The number of hydrogen-bond acceptors (Lipinski definition) is 3. The second kappa shape index (κ2) is 8.64. The van der Waals surface area contributed by atoms with E-state index < -0.39 is 10.8 Å². The first kappa shape index (κ1) is 16.6. The molecule has 0 aromatic heterocycles. The maximum atomic E-state index is 11.5. The Kier molecular flexibility index (Phi) is 8.43. The van der Waals surface area contributed by atoms with Crippen LogP contribution < -0.4 is 11.1 Å². The Morgan fingerprint density at radius 2 is 2.00 bits per heavy atom. The third kappa shape index (κ3) is 9.30. The van der Waals surface area contributed by atoms with Crippen LogP contribution in [0.3, 0.4) is 0 Å². The summed E-state index contributed by atoms with van der Waals surface area (Å²) in [4.78, 5) is 11.5. The van der Waals surface area contributed by atoms with Gasteiger partial charge in [0.25, 0.3) is 0 Å². The van der Waals surface area contributed by atoms with Crippen molar-refractivity contribution in [3.63, 3.8) is 0 Å². The van der Waals surface area contributed by atoms with Gasteiger partial charge in [-0.25, -0.2) is 0 Å². The molecule has 0 aromatic carbocycles. The number of carbonyl (C=O) groups is 1. The second-order valence-corrected chi connectivity index (χ2v) is 6.85. The first-order valence-electron chi connectivity index (χ1n) is 6.23. The zero-order valence-electron chi connectivity index (χ0n) is 11.3. The Hall–Kier alpha value is -0.420. The second-order valence-electron chi connectivity index (χ2n) is 4.99. The summed E-state index contributed by atoms with van der Waals surface area (Å²) >= 11 is 0. The number of amides is 1. The van der Waals surface area contributed by atoms with Gasteiger partial charge in [-0.3, -0.25) is 9.00 Å². The maximum absolute atomic E-state index is 11.5. The Bertz CT molecular complexity index is 255. The van der Waals surface area contributed by atoms with Crippen molar-refractivity contribution in [2.45, 2.75) is 40.0 Å². The van der Waals surface area contributed by atoms with Crippen LogP contribution in [0.1, 0.15) is 40.0 Å². The molecule has 0 aromatic rings. The van der Waals surface area contributed by atoms with Crippen LogP contribution in [0.25, 0.3) is 0 Å². The number of hydrogen-bond donors (Lipinski definition) is 2. The minimum atomic E-state index is -0.799. The lowest BCUT2D eigenvalue weighted by molar-refractivity contribution is -0.121. The highest BCUT2D eigenvalue weighted by atomic mass is 32.2. The summed E-state index contributed by atoms with van der Waals surface area (Å²) in [6, 6.07) is 0. The van der Waals surface area contributed by atoms with E-state index in [1.165, 1.54) is 0 Å². The Morgan fingerprint density at radius 1 is 1.35 bits per heavy atom. The smallest absolute Gasteiger partial charge is 0.220 e. The van der Waals surface area contributed by atoms with E-state index in [1.807, 2.05) is 6.92 Å². The first-order valence-corrected chi connectivity index (χ1v) is 7.72. The quantitative estimate of drug-likeness (QED) is 0.652. The van der Waals surface area contributed by atoms with Gasteiger partial charge in [-0.1, -0.05) is 20.8 Å². The number of rotatable bonds is 9. The van der Waals surface area contributed by atoms with Gasteiger partial charge in [0.05, 0.1) is 0 Å². The van der Waals surface area contributed by atoms with Crippen LogP contribution >= 0.6 is 0 Å². The van der Waals surface area contributed by atoms with Gasteiger partial charge in [0.1, 0.15) is 0 Å². The van der Waals surface area contributed by atoms with Crippen LogP contribution in [0, 0.1) is 5.41 Å². The van der Waals surface area contributed by atoms with E-state index in [1.54, 1.807) is 0 Å². The number of nitrogens with two attached hydrogens (primary N) is 1. The van der Waals surface area contributed by atoms with Crippen LogP contribution in [0.2, 0.25) is 0 Å². The van der Waals surface area contributed by atoms with Crippen molar-refractivity contribution in [2.24, 2.45) is 11.1 Å². The van der Waals surface area contributed by atoms with E-state index in [2.05, 4.69) is 19.2 Å². The van der Waals surface area contributed by atoms with Crippen molar-refractivity contribution in [2.75, 3.05) is 24.6 Å². The van der Waals surface area contributed by atoms with Crippen molar-refractivity contribution < 1.29 is 9.00 Å². The number of nitrogens with one attached hydrogen (secondary N) is 1. The summed E-state index contributed by atoms with van der Waals surface area (Å²) in [5.74, 6) is 1.25. The Morgan fingerprint density at radius 3 is 2.53 bits per heavy atom. The summed E-state index contributed by atoms with van der Waals surface area (Å²) in [6.45, 7) is 7.30. The van der Waals surface area contributed by atoms with Crippen molar-refractivity contribution in [1.82, 2.24) is 5.32 Å². The van der Waals surface area contributed by atoms with Crippen LogP contribution in [-0.4, -0.2) is 34.7 Å². The van der Waals surface area contributed by atoms with Crippen LogP contribution in [-0.2, 0) is 15.6 Å². The first-order chi connectivity index (χ1) is 7.91. The minimum Gasteiger partial charge on any atom is -0.355 e. The minimum absolute atomic E-state index is 0.0446. The average molecular weight is 262 g/mol. The molecule has 0 heterocycles. The van der Waals surface area contributed by atoms with E-state index in [0.717, 1.165) is 12.8 Å². The van der Waals surface area contributed by atoms with E-state index in [4.69, 9.17) is 5.73 Å². The monoisotopic (exact) mass is 262 g/mol. The van der Waals surface area contributed by atoms with Crippen molar-refractivity contribution in [1.29, 1.82) is 0 Å². The lowest BCUT2D eigenvalue weighted by Crippen LogP contribution is -2.29. The lowest BCUT2D eigenvalue weighted by Gasteiger charge is -2.23. The van der Waals surface area contributed by atoms with Crippen molar-refractivity contribution >= 4 is 16.7 Å². The maximum Gasteiger partial charge on any atom is 0.220 e. The highest BCUT2D eigenvalue weighted by molar-refractivity contribution is 7.84. The van der Waals surface area contributed by atoms with Gasteiger partial charge in [0.2, 0.25) is 5.91 Å². The van der Waals surface area contributed by atoms with Gasteiger partial charge in [-0.15, -0.1) is 0 Å². The highest BCUT2D eigenvalue weighted by Crippen LogP contribution is 2.25. The lowest BCUT2D eigenvalue weighted by atomic mass is 9.84. The van der Waals surface area contributed by atoms with E-state index >= 15 is 0 Å². The molecule has 0 radical (unpaired) electrons. The van der Waals surface area contributed by atoms with Gasteiger partial charge >= 0.3 is 0 Å². The molecule has 17 heavy (non-hydrogen) atoms. The van der Waals surface area contributed by atoms with Crippen molar-refractivity contribution in [3.05, 3.63) is 0 Å². The third-order valence-corrected chi connectivity index (χ3v) is 4.13. The molecule has 0 saturated heterocycles. The highest BCUT2D eigenvalue weighted by Gasteiger charge is 2.18. The fourth-order valence-corrected chi connectivity index (χ4v) is 2.12. The fraction of sp³-hybridized carbons (Fsp3) is 0.917. The molecule has 102 valence electrons. The molecule has 0 fully saturated rings. The van der Waals surface area contributed by atoms with Gasteiger partial charge < -0.3 is 11.1 Å². The third-order valence-electron chi connectivity index (χ3n) is 2.82. The molecular weight excluding hydrogens is 236 g/mol. The summed E-state index contributed by atoms with van der Waals surface area (Å²) in [7, 11) is -0.799. The molecule has 4 nitrogen and oxygen atoms in total. The standard InChI is InChI=1S/C12H26N2O2S/c1-4-17(16)10-9-14-11(15)5-6-12(2,3)7-8-13/h4-10,13H2,1-3H3,(H,14,15). The Labute approximate surface area is 107 Å². The van der Waals surface area contributed by atoms with Gasteiger partial charge in [-0.05, 0) is 24.8 Å². The molecule has 1 atom stereocenters. The Balaban J connectivity index is 3.69. The molecule has 0 rings (SSSR count). The van der Waals surface area contributed by atoms with Crippen molar-refractivity contribution in [3.8, 4) is 0 Å². The zero-order chi connectivity index (χ0) is 13.3. The number of carbonyl (C=O) groups excluding carboxylic acids is 1. The molecule has 0 bridgehead atoms. The topological polar surface area (TPSA) is 72.2 Å². The average Bonchev–Trinajstić information content (AvgIpc) is 2.26. The van der Waals surface area contributed by atoms with Crippen LogP contribution in [0.15, 0.2) is 0 Å². The van der Waals surface area contributed by atoms with E-state index in [-0.39, 0.29) is 11.3 Å². The molecule has 1 amide bonds. The molecule has 3 N–H and O–H groups in total. The molecule has 0 aliphatic rings. The predicted molar refractivity (Wildman–Crippen MR) is 73.2 cm³/mol. The molecule has 0 saturated carbocycles. The van der Waals surface area contributed by atoms with Crippen LogP contribution in [0.4, 0.5) is 0 Å². The molecule has 0 spiro atoms. The molecule has 0 aliphatic heterocycles.